The number of hydrogen-bond donors (Lipinski definition) is 3. The van der Waals surface area contributed by atoms with E-state index in [9.17, 15) is 14.4 Å². The second-order valence-electron chi connectivity index (χ2n) is 7.56. The molecule has 192 valence electrons. The third kappa shape index (κ3) is 9.14. The molecule has 3 aromatic rings. The largest absolute Gasteiger partial charge is 0.494 e. The van der Waals surface area contributed by atoms with E-state index in [1.807, 2.05) is 6.92 Å². The summed E-state index contributed by atoms with van der Waals surface area (Å²) in [5.74, 6) is -1.27. The van der Waals surface area contributed by atoms with Gasteiger partial charge in [-0.25, -0.2) is 5.43 Å². The molecule has 9 nitrogen and oxygen atoms in total. The SMILES string of the molecule is CCCOc1ccc(NC(=O)C(=O)N/N=C\c2ccccc2OCC(=O)Nc2cc(Cl)cc(Cl)c2)cc1. The van der Waals surface area contributed by atoms with E-state index < -0.39 is 17.7 Å². The molecule has 0 spiro atoms. The van der Waals surface area contributed by atoms with Gasteiger partial charge < -0.3 is 20.1 Å². The van der Waals surface area contributed by atoms with Crippen LogP contribution in [0.4, 0.5) is 11.4 Å². The summed E-state index contributed by atoms with van der Waals surface area (Å²) in [6.07, 6.45) is 2.18. The van der Waals surface area contributed by atoms with E-state index in [0.717, 1.165) is 6.42 Å². The zero-order chi connectivity index (χ0) is 26.6. The van der Waals surface area contributed by atoms with Crippen LogP contribution >= 0.6 is 23.2 Å². The quantitative estimate of drug-likeness (QED) is 0.191. The Morgan fingerprint density at radius 3 is 2.27 bits per heavy atom. The molecule has 3 aromatic carbocycles. The molecule has 0 saturated heterocycles. The van der Waals surface area contributed by atoms with Crippen LogP contribution in [-0.4, -0.2) is 37.1 Å². The Kier molecular flexibility index (Phi) is 10.3. The maximum Gasteiger partial charge on any atom is 0.329 e. The Morgan fingerprint density at radius 2 is 1.57 bits per heavy atom. The van der Waals surface area contributed by atoms with Crippen molar-refractivity contribution in [1.82, 2.24) is 5.43 Å². The number of amides is 3. The number of carbonyl (C=O) groups is 3. The molecule has 0 radical (unpaired) electrons. The average molecular weight is 543 g/mol. The van der Waals surface area contributed by atoms with Crippen molar-refractivity contribution in [3.8, 4) is 11.5 Å². The number of rotatable bonds is 10. The molecule has 37 heavy (non-hydrogen) atoms. The number of nitrogens with zero attached hydrogens (tertiary/aromatic N) is 1. The minimum Gasteiger partial charge on any atom is -0.494 e. The van der Waals surface area contributed by atoms with Gasteiger partial charge in [-0.1, -0.05) is 42.3 Å². The van der Waals surface area contributed by atoms with E-state index in [1.54, 1.807) is 66.7 Å². The highest BCUT2D eigenvalue weighted by molar-refractivity contribution is 6.39. The Morgan fingerprint density at radius 1 is 0.865 bits per heavy atom. The van der Waals surface area contributed by atoms with Crippen LogP contribution in [0.2, 0.25) is 10.0 Å². The Hall–Kier alpha value is -4.08. The monoisotopic (exact) mass is 542 g/mol. The molecule has 0 bridgehead atoms. The van der Waals surface area contributed by atoms with Crippen LogP contribution in [0.25, 0.3) is 0 Å². The lowest BCUT2D eigenvalue weighted by molar-refractivity contribution is -0.136. The summed E-state index contributed by atoms with van der Waals surface area (Å²) >= 11 is 11.9. The lowest BCUT2D eigenvalue weighted by Crippen LogP contribution is -2.32. The van der Waals surface area contributed by atoms with Gasteiger partial charge in [0.25, 0.3) is 5.91 Å². The van der Waals surface area contributed by atoms with E-state index in [4.69, 9.17) is 32.7 Å². The van der Waals surface area contributed by atoms with Gasteiger partial charge in [-0.3, -0.25) is 14.4 Å². The zero-order valence-electron chi connectivity index (χ0n) is 19.8. The molecule has 0 fully saturated rings. The lowest BCUT2D eigenvalue weighted by Gasteiger charge is -2.10. The van der Waals surface area contributed by atoms with Crippen LogP contribution < -0.4 is 25.5 Å². The van der Waals surface area contributed by atoms with Crippen molar-refractivity contribution < 1.29 is 23.9 Å². The van der Waals surface area contributed by atoms with Gasteiger partial charge >= 0.3 is 11.8 Å². The summed E-state index contributed by atoms with van der Waals surface area (Å²) in [7, 11) is 0. The predicted molar refractivity (Wildman–Crippen MR) is 144 cm³/mol. The average Bonchev–Trinajstić information content (AvgIpc) is 2.87. The molecule has 0 aliphatic carbocycles. The second-order valence-corrected chi connectivity index (χ2v) is 8.43. The van der Waals surface area contributed by atoms with Crippen LogP contribution in [0.15, 0.2) is 71.8 Å². The van der Waals surface area contributed by atoms with Crippen molar-refractivity contribution in [3.63, 3.8) is 0 Å². The van der Waals surface area contributed by atoms with E-state index >= 15 is 0 Å². The van der Waals surface area contributed by atoms with E-state index in [2.05, 4.69) is 21.2 Å². The molecule has 0 aliphatic rings. The van der Waals surface area contributed by atoms with Crippen molar-refractivity contribution >= 4 is 58.5 Å². The van der Waals surface area contributed by atoms with E-state index in [1.165, 1.54) is 6.21 Å². The molecule has 3 amide bonds. The van der Waals surface area contributed by atoms with Crippen molar-refractivity contribution in [2.45, 2.75) is 13.3 Å². The summed E-state index contributed by atoms with van der Waals surface area (Å²) in [4.78, 5) is 36.5. The molecule has 0 atom stereocenters. The summed E-state index contributed by atoms with van der Waals surface area (Å²) in [6, 6.07) is 18.1. The van der Waals surface area contributed by atoms with Crippen molar-refractivity contribution in [2.75, 3.05) is 23.8 Å². The maximum absolute atomic E-state index is 12.2. The van der Waals surface area contributed by atoms with Crippen LogP contribution in [0.5, 0.6) is 11.5 Å². The highest BCUT2D eigenvalue weighted by Crippen LogP contribution is 2.22. The molecule has 0 unspecified atom stereocenters. The zero-order valence-corrected chi connectivity index (χ0v) is 21.3. The first-order valence-electron chi connectivity index (χ1n) is 11.2. The number of carbonyl (C=O) groups excluding carboxylic acids is 3. The molecule has 0 aliphatic heterocycles. The predicted octanol–water partition coefficient (Wildman–Crippen LogP) is 4.89. The summed E-state index contributed by atoms with van der Waals surface area (Å²) < 4.78 is 11.1. The number of hydrogen-bond acceptors (Lipinski definition) is 6. The number of anilines is 2. The number of ether oxygens (including phenoxy) is 2. The smallest absolute Gasteiger partial charge is 0.329 e. The Balaban J connectivity index is 1.50. The van der Waals surface area contributed by atoms with Gasteiger partial charge in [0.15, 0.2) is 6.61 Å². The van der Waals surface area contributed by atoms with Crippen molar-refractivity contribution in [1.29, 1.82) is 0 Å². The van der Waals surface area contributed by atoms with Crippen LogP contribution in [-0.2, 0) is 14.4 Å². The highest BCUT2D eigenvalue weighted by atomic mass is 35.5. The standard InChI is InChI=1S/C26H24Cl2N4O5/c1-2-11-36-22-9-7-20(8-10-22)31-25(34)26(35)32-29-15-17-5-3-4-6-23(17)37-16-24(33)30-21-13-18(27)12-19(28)14-21/h3-10,12-15H,2,11,16H2,1H3,(H,30,33)(H,31,34)(H,32,35)/b29-15-. The van der Waals surface area contributed by atoms with Crippen LogP contribution in [0, 0.1) is 0 Å². The molecule has 11 heteroatoms. The fraction of sp³-hybridized carbons (Fsp3) is 0.154. The highest BCUT2D eigenvalue weighted by Gasteiger charge is 2.13. The first-order chi connectivity index (χ1) is 17.8. The van der Waals surface area contributed by atoms with Gasteiger partial charge in [0, 0.05) is 27.0 Å². The summed E-state index contributed by atoms with van der Waals surface area (Å²) in [5, 5.41) is 9.70. The maximum atomic E-state index is 12.2. The number of hydrazone groups is 1. The topological polar surface area (TPSA) is 118 Å². The molecule has 3 N–H and O–H groups in total. The third-order valence-corrected chi connectivity index (χ3v) is 5.02. The summed E-state index contributed by atoms with van der Waals surface area (Å²) in [6.45, 7) is 2.29. The molecule has 0 saturated carbocycles. The molecule has 3 rings (SSSR count). The van der Waals surface area contributed by atoms with Gasteiger partial charge in [0.2, 0.25) is 0 Å². The lowest BCUT2D eigenvalue weighted by atomic mass is 10.2. The Labute approximate surface area is 223 Å². The normalized spacial score (nSPS) is 10.6. The van der Waals surface area contributed by atoms with Gasteiger partial charge in [0.05, 0.1) is 12.8 Å². The van der Waals surface area contributed by atoms with Crippen molar-refractivity contribution in [2.24, 2.45) is 5.10 Å². The number of halogens is 2. The van der Waals surface area contributed by atoms with Crippen LogP contribution in [0.1, 0.15) is 18.9 Å². The van der Waals surface area contributed by atoms with Gasteiger partial charge in [-0.15, -0.1) is 0 Å². The number of nitrogens with one attached hydrogen (secondary N) is 3. The summed E-state index contributed by atoms with van der Waals surface area (Å²) in [5.41, 5.74) is 3.50. The first-order valence-corrected chi connectivity index (χ1v) is 11.9. The van der Waals surface area contributed by atoms with Crippen molar-refractivity contribution in [3.05, 3.63) is 82.3 Å². The minimum absolute atomic E-state index is 0.300. The number of para-hydroxylation sites is 1. The van der Waals surface area contributed by atoms with Gasteiger partial charge in [0.1, 0.15) is 11.5 Å². The second kappa shape index (κ2) is 13.9. The fourth-order valence-corrected chi connectivity index (χ4v) is 3.46. The molecule has 0 heterocycles. The fourth-order valence-electron chi connectivity index (χ4n) is 2.94. The van der Waals surface area contributed by atoms with Gasteiger partial charge in [-0.2, -0.15) is 5.10 Å². The first kappa shape index (κ1) is 27.5. The van der Waals surface area contributed by atoms with Crippen LogP contribution in [0.3, 0.4) is 0 Å². The van der Waals surface area contributed by atoms with Gasteiger partial charge in [-0.05, 0) is 61.0 Å². The number of benzene rings is 3. The van der Waals surface area contributed by atoms with E-state index in [0.29, 0.717) is 45.1 Å². The molecular weight excluding hydrogens is 519 g/mol. The molecular formula is C26H24Cl2N4O5. The van der Waals surface area contributed by atoms with E-state index in [-0.39, 0.29) is 6.61 Å². The minimum atomic E-state index is -0.958. The molecule has 0 aromatic heterocycles. The Bertz CT molecular complexity index is 1260. The third-order valence-electron chi connectivity index (χ3n) is 4.59.